The van der Waals surface area contributed by atoms with Crippen LogP contribution in [0.3, 0.4) is 0 Å². The van der Waals surface area contributed by atoms with E-state index in [2.05, 4.69) is 37.3 Å². The van der Waals surface area contributed by atoms with Gasteiger partial charge in [0.2, 0.25) is 0 Å². The fraction of sp³-hybridized carbons (Fsp3) is 0.385. The summed E-state index contributed by atoms with van der Waals surface area (Å²) in [6.07, 6.45) is 1.74. The molecule has 6 nitrogen and oxygen atoms in total. The highest BCUT2D eigenvalue weighted by molar-refractivity contribution is 8.18. The number of carbonyl (C=O) groups excluding carboxylic acids is 1. The lowest BCUT2D eigenvalue weighted by Gasteiger charge is -2.31. The average Bonchev–Trinajstić information content (AvgIpc) is 3.09. The zero-order chi connectivity index (χ0) is 25.5. The zero-order valence-corrected chi connectivity index (χ0v) is 22.5. The number of alkyl halides is 2. The standard InChI is InChI=1S/C26H31F2N3O3S.ClH/c1-17(2)30(18(3)4)14-15-31-24(32)23(16-19-6-10-22(11-7-19)34-25(27)28)35-26(31)29-20-8-12-21(33-5)13-9-20;/h6-13,16-18,25H,14-15H2,1-5H3;1H/p-1/b23-16-,29-26?;. The lowest BCUT2D eigenvalue weighted by atomic mass is 10.2. The number of benzene rings is 2. The maximum atomic E-state index is 13.4. The van der Waals surface area contributed by atoms with Gasteiger partial charge in [-0.25, -0.2) is 4.99 Å². The number of hydrogen-bond donors (Lipinski definition) is 0. The predicted octanol–water partition coefficient (Wildman–Crippen LogP) is 3.02. The minimum Gasteiger partial charge on any atom is -1.00 e. The number of thioether (sulfide) groups is 1. The lowest BCUT2D eigenvalue weighted by molar-refractivity contribution is -0.122. The molecule has 1 fully saturated rings. The van der Waals surface area contributed by atoms with E-state index in [0.29, 0.717) is 46.5 Å². The molecule has 0 aromatic heterocycles. The van der Waals surface area contributed by atoms with E-state index in [4.69, 9.17) is 9.73 Å². The van der Waals surface area contributed by atoms with Gasteiger partial charge in [-0.1, -0.05) is 12.1 Å². The molecule has 196 valence electrons. The van der Waals surface area contributed by atoms with Gasteiger partial charge in [-0.15, -0.1) is 0 Å². The van der Waals surface area contributed by atoms with Crippen molar-refractivity contribution in [3.05, 3.63) is 59.0 Å². The summed E-state index contributed by atoms with van der Waals surface area (Å²) < 4.78 is 34.5. The second-order valence-corrected chi connectivity index (χ2v) is 9.54. The van der Waals surface area contributed by atoms with Crippen molar-refractivity contribution >= 4 is 34.6 Å². The highest BCUT2D eigenvalue weighted by Gasteiger charge is 2.34. The molecule has 36 heavy (non-hydrogen) atoms. The second-order valence-electron chi connectivity index (χ2n) is 8.53. The van der Waals surface area contributed by atoms with E-state index in [1.807, 2.05) is 24.3 Å². The van der Waals surface area contributed by atoms with Gasteiger partial charge in [0.1, 0.15) is 11.5 Å². The number of rotatable bonds is 10. The van der Waals surface area contributed by atoms with Crippen LogP contribution in [-0.2, 0) is 4.79 Å². The SMILES string of the molecule is COc1ccc(N=C2S/C(=C\c3ccc(OC(F)F)cc3)C(=O)N2CCN(C(C)C)C(C)C)cc1.[Cl-]. The van der Waals surface area contributed by atoms with Crippen molar-refractivity contribution in [2.24, 2.45) is 4.99 Å². The van der Waals surface area contributed by atoms with Crippen LogP contribution in [0.2, 0.25) is 0 Å². The van der Waals surface area contributed by atoms with Gasteiger partial charge in [0, 0.05) is 25.2 Å². The van der Waals surface area contributed by atoms with Crippen LogP contribution in [0.4, 0.5) is 14.5 Å². The third-order valence-corrected chi connectivity index (χ3v) is 6.50. The first-order chi connectivity index (χ1) is 16.7. The highest BCUT2D eigenvalue weighted by Crippen LogP contribution is 2.34. The number of methoxy groups -OCH3 is 1. The van der Waals surface area contributed by atoms with Crippen LogP contribution in [0, 0.1) is 0 Å². The van der Waals surface area contributed by atoms with E-state index in [1.54, 1.807) is 30.2 Å². The molecule has 1 saturated heterocycles. The Morgan fingerprint density at radius 2 is 1.58 bits per heavy atom. The largest absolute Gasteiger partial charge is 1.00 e. The van der Waals surface area contributed by atoms with Crippen molar-refractivity contribution in [1.82, 2.24) is 9.80 Å². The molecule has 2 aromatic carbocycles. The Labute approximate surface area is 221 Å². The third kappa shape index (κ3) is 7.94. The number of nitrogens with zero attached hydrogens (tertiary/aromatic N) is 3. The number of amides is 1. The Kier molecular flexibility index (Phi) is 11.2. The van der Waals surface area contributed by atoms with E-state index in [1.165, 1.54) is 23.9 Å². The molecule has 0 saturated carbocycles. The maximum Gasteiger partial charge on any atom is 0.387 e. The number of ether oxygens (including phenoxy) is 2. The second kappa shape index (κ2) is 13.6. The normalized spacial score (nSPS) is 16.1. The van der Waals surface area contributed by atoms with Crippen molar-refractivity contribution in [3.8, 4) is 11.5 Å². The summed E-state index contributed by atoms with van der Waals surface area (Å²) in [6.45, 7) is 6.87. The van der Waals surface area contributed by atoms with Crippen LogP contribution in [0.1, 0.15) is 33.3 Å². The Bertz CT molecular complexity index is 1050. The molecule has 2 aromatic rings. The van der Waals surface area contributed by atoms with Gasteiger partial charge in [0.25, 0.3) is 5.91 Å². The summed E-state index contributed by atoms with van der Waals surface area (Å²) in [5.41, 5.74) is 1.42. The molecule has 0 N–H and O–H groups in total. The molecular formula is C26H31ClF2N3O3S-. The summed E-state index contributed by atoms with van der Waals surface area (Å²) in [4.78, 5) is 22.6. The molecule has 10 heteroatoms. The van der Waals surface area contributed by atoms with Gasteiger partial charge in [-0.2, -0.15) is 8.78 Å². The molecule has 0 radical (unpaired) electrons. The van der Waals surface area contributed by atoms with Gasteiger partial charge < -0.3 is 21.9 Å². The van der Waals surface area contributed by atoms with Crippen molar-refractivity contribution in [3.63, 3.8) is 0 Å². The number of aliphatic imine (C=N–C) groups is 1. The lowest BCUT2D eigenvalue weighted by Crippen LogP contribution is -3.00. The molecule has 3 rings (SSSR count). The molecule has 0 bridgehead atoms. The van der Waals surface area contributed by atoms with E-state index in [-0.39, 0.29) is 24.1 Å². The number of hydrogen-bond acceptors (Lipinski definition) is 6. The molecular weight excluding hydrogens is 508 g/mol. The first-order valence-corrected chi connectivity index (χ1v) is 12.2. The van der Waals surface area contributed by atoms with E-state index >= 15 is 0 Å². The first kappa shape index (κ1) is 29.6. The van der Waals surface area contributed by atoms with Gasteiger partial charge in [0.05, 0.1) is 17.7 Å². The van der Waals surface area contributed by atoms with Gasteiger partial charge >= 0.3 is 6.61 Å². The van der Waals surface area contributed by atoms with Crippen LogP contribution in [0.25, 0.3) is 6.08 Å². The molecule has 0 unspecified atom stereocenters. The Balaban J connectivity index is 0.00000456. The molecule has 1 amide bonds. The maximum absolute atomic E-state index is 13.4. The van der Waals surface area contributed by atoms with Crippen molar-refractivity contribution in [2.45, 2.75) is 46.4 Å². The fourth-order valence-electron chi connectivity index (χ4n) is 3.78. The number of halogens is 3. The van der Waals surface area contributed by atoms with Crippen LogP contribution in [0.15, 0.2) is 58.4 Å². The predicted molar refractivity (Wildman–Crippen MR) is 137 cm³/mol. The minimum atomic E-state index is -2.88. The van der Waals surface area contributed by atoms with Crippen molar-refractivity contribution in [1.29, 1.82) is 0 Å². The van der Waals surface area contributed by atoms with Gasteiger partial charge in [-0.05, 0) is 87.5 Å². The van der Waals surface area contributed by atoms with E-state index in [0.717, 1.165) is 5.75 Å². The molecule has 0 spiro atoms. The van der Waals surface area contributed by atoms with Crippen molar-refractivity contribution in [2.75, 3.05) is 20.2 Å². The zero-order valence-electron chi connectivity index (χ0n) is 21.0. The van der Waals surface area contributed by atoms with Gasteiger partial charge in [-0.3, -0.25) is 14.6 Å². The summed E-state index contributed by atoms with van der Waals surface area (Å²) in [7, 11) is 1.60. The molecule has 1 aliphatic heterocycles. The molecule has 0 atom stereocenters. The van der Waals surface area contributed by atoms with E-state index < -0.39 is 6.61 Å². The minimum absolute atomic E-state index is 0. The smallest absolute Gasteiger partial charge is 0.387 e. The number of carbonyl (C=O) groups is 1. The van der Waals surface area contributed by atoms with Crippen LogP contribution in [0.5, 0.6) is 11.5 Å². The molecule has 1 aliphatic rings. The first-order valence-electron chi connectivity index (χ1n) is 11.4. The summed E-state index contributed by atoms with van der Waals surface area (Å²) in [5.74, 6) is 0.659. The van der Waals surface area contributed by atoms with Crippen LogP contribution in [-0.4, -0.2) is 59.8 Å². The Morgan fingerprint density at radius 1 is 1.00 bits per heavy atom. The monoisotopic (exact) mass is 538 g/mol. The topological polar surface area (TPSA) is 54.4 Å². The van der Waals surface area contributed by atoms with E-state index in [9.17, 15) is 13.6 Å². The average molecular weight is 539 g/mol. The highest BCUT2D eigenvalue weighted by atomic mass is 35.5. The molecule has 0 aliphatic carbocycles. The van der Waals surface area contributed by atoms with Crippen LogP contribution < -0.4 is 21.9 Å². The summed E-state index contributed by atoms with van der Waals surface area (Å²) in [5, 5.41) is 0.594. The third-order valence-electron chi connectivity index (χ3n) is 5.50. The summed E-state index contributed by atoms with van der Waals surface area (Å²) in [6, 6.07) is 14.2. The Hall–Kier alpha value is -2.62. The van der Waals surface area contributed by atoms with Crippen molar-refractivity contribution < 1.29 is 35.5 Å². The summed E-state index contributed by atoms with van der Waals surface area (Å²) >= 11 is 1.30. The number of amidine groups is 1. The Morgan fingerprint density at radius 3 is 2.11 bits per heavy atom. The quantitative estimate of drug-likeness (QED) is 0.435. The van der Waals surface area contributed by atoms with Gasteiger partial charge in [0.15, 0.2) is 5.17 Å². The molecule has 1 heterocycles. The van der Waals surface area contributed by atoms with Crippen LogP contribution >= 0.6 is 11.8 Å². The fourth-order valence-corrected chi connectivity index (χ4v) is 4.81.